The number of piperazine rings is 1. The van der Waals surface area contributed by atoms with E-state index in [0.29, 0.717) is 19.5 Å². The van der Waals surface area contributed by atoms with Crippen LogP contribution in [0.4, 0.5) is 13.2 Å². The zero-order valence-corrected chi connectivity index (χ0v) is 12.4. The van der Waals surface area contributed by atoms with Gasteiger partial charge in [-0.2, -0.15) is 13.2 Å². The van der Waals surface area contributed by atoms with Crippen LogP contribution in [0, 0.1) is 0 Å². The first kappa shape index (κ1) is 18.2. The standard InChI is InChI=1S/C14H19F3N2O.ClH/c15-14(16,17)12-4-2-1-3-11(12)13(5-10-20)19-8-6-18-7-9-19;/h1-4,13,18,20H,5-10H2;1H/t13-;/m1./s1. The fourth-order valence-corrected chi connectivity index (χ4v) is 2.70. The highest BCUT2D eigenvalue weighted by molar-refractivity contribution is 5.85. The third-order valence-electron chi connectivity index (χ3n) is 3.62. The van der Waals surface area contributed by atoms with Crippen LogP contribution in [-0.4, -0.2) is 42.8 Å². The molecule has 21 heavy (non-hydrogen) atoms. The van der Waals surface area contributed by atoms with Gasteiger partial charge in [0, 0.05) is 38.8 Å². The fraction of sp³-hybridized carbons (Fsp3) is 0.571. The highest BCUT2D eigenvalue weighted by atomic mass is 35.5. The monoisotopic (exact) mass is 324 g/mol. The molecule has 0 bridgehead atoms. The van der Waals surface area contributed by atoms with Crippen LogP contribution in [0.25, 0.3) is 0 Å². The van der Waals surface area contributed by atoms with Crippen molar-refractivity contribution in [3.05, 3.63) is 35.4 Å². The largest absolute Gasteiger partial charge is 0.416 e. The zero-order valence-electron chi connectivity index (χ0n) is 11.6. The maximum Gasteiger partial charge on any atom is 0.416 e. The first-order valence-electron chi connectivity index (χ1n) is 6.76. The van der Waals surface area contributed by atoms with Gasteiger partial charge in [-0.05, 0) is 18.1 Å². The minimum absolute atomic E-state index is 0. The van der Waals surface area contributed by atoms with Crippen molar-refractivity contribution in [1.29, 1.82) is 0 Å². The Balaban J connectivity index is 0.00000220. The van der Waals surface area contributed by atoms with Crippen LogP contribution in [-0.2, 0) is 6.18 Å². The molecular weight excluding hydrogens is 305 g/mol. The van der Waals surface area contributed by atoms with Gasteiger partial charge in [-0.3, -0.25) is 4.90 Å². The van der Waals surface area contributed by atoms with E-state index in [1.807, 2.05) is 4.90 Å². The molecule has 7 heteroatoms. The predicted octanol–water partition coefficient (Wildman–Crippen LogP) is 2.46. The Morgan fingerprint density at radius 3 is 2.38 bits per heavy atom. The third-order valence-corrected chi connectivity index (χ3v) is 3.62. The van der Waals surface area contributed by atoms with Crippen LogP contribution < -0.4 is 5.32 Å². The second-order valence-electron chi connectivity index (χ2n) is 4.90. The van der Waals surface area contributed by atoms with Gasteiger partial charge in [0.1, 0.15) is 0 Å². The minimum Gasteiger partial charge on any atom is -0.396 e. The van der Waals surface area contributed by atoms with E-state index < -0.39 is 11.7 Å². The number of halogens is 4. The van der Waals surface area contributed by atoms with Gasteiger partial charge >= 0.3 is 6.18 Å². The van der Waals surface area contributed by atoms with E-state index in [4.69, 9.17) is 0 Å². The Morgan fingerprint density at radius 1 is 1.19 bits per heavy atom. The molecule has 3 nitrogen and oxygen atoms in total. The molecule has 1 aliphatic rings. The molecule has 0 amide bonds. The summed E-state index contributed by atoms with van der Waals surface area (Å²) in [6.45, 7) is 2.78. The first-order valence-corrected chi connectivity index (χ1v) is 6.76. The van der Waals surface area contributed by atoms with E-state index in [1.165, 1.54) is 12.1 Å². The molecule has 2 rings (SSSR count). The van der Waals surface area contributed by atoms with Gasteiger partial charge in [0.05, 0.1) is 5.56 Å². The van der Waals surface area contributed by atoms with Crippen molar-refractivity contribution in [3.63, 3.8) is 0 Å². The molecule has 1 aliphatic heterocycles. The van der Waals surface area contributed by atoms with Gasteiger partial charge in [0.15, 0.2) is 0 Å². The van der Waals surface area contributed by atoms with Crippen molar-refractivity contribution in [1.82, 2.24) is 10.2 Å². The summed E-state index contributed by atoms with van der Waals surface area (Å²) < 4.78 is 39.4. The maximum atomic E-state index is 13.1. The van der Waals surface area contributed by atoms with Gasteiger partial charge in [-0.25, -0.2) is 0 Å². The third kappa shape index (κ3) is 4.57. The molecule has 1 fully saturated rings. The molecular formula is C14H20ClF3N2O. The summed E-state index contributed by atoms with van der Waals surface area (Å²) in [7, 11) is 0. The number of aliphatic hydroxyl groups is 1. The highest BCUT2D eigenvalue weighted by Crippen LogP contribution is 2.37. The molecule has 0 saturated carbocycles. The van der Waals surface area contributed by atoms with Crippen molar-refractivity contribution in [2.75, 3.05) is 32.8 Å². The molecule has 1 heterocycles. The van der Waals surface area contributed by atoms with E-state index in [1.54, 1.807) is 6.07 Å². The van der Waals surface area contributed by atoms with Crippen molar-refractivity contribution in [3.8, 4) is 0 Å². The average molecular weight is 325 g/mol. The van der Waals surface area contributed by atoms with Gasteiger partial charge < -0.3 is 10.4 Å². The summed E-state index contributed by atoms with van der Waals surface area (Å²) in [6, 6.07) is 5.27. The molecule has 0 spiro atoms. The van der Waals surface area contributed by atoms with Crippen molar-refractivity contribution >= 4 is 12.4 Å². The van der Waals surface area contributed by atoms with E-state index in [0.717, 1.165) is 19.2 Å². The van der Waals surface area contributed by atoms with Crippen LogP contribution in [0.3, 0.4) is 0 Å². The molecule has 0 unspecified atom stereocenters. The smallest absolute Gasteiger partial charge is 0.396 e. The normalized spacial score (nSPS) is 18.1. The number of alkyl halides is 3. The SMILES string of the molecule is Cl.OCC[C@H](c1ccccc1C(F)(F)F)N1CCNCC1. The van der Waals surface area contributed by atoms with Gasteiger partial charge in [0.25, 0.3) is 0 Å². The zero-order chi connectivity index (χ0) is 14.6. The number of rotatable bonds is 4. The van der Waals surface area contributed by atoms with E-state index >= 15 is 0 Å². The lowest BCUT2D eigenvalue weighted by Gasteiger charge is -2.36. The number of nitrogens with one attached hydrogen (secondary N) is 1. The Bertz CT molecular complexity index is 436. The Morgan fingerprint density at radius 2 is 1.81 bits per heavy atom. The maximum absolute atomic E-state index is 13.1. The summed E-state index contributed by atoms with van der Waals surface area (Å²) in [6.07, 6.45) is -4.05. The molecule has 1 aromatic carbocycles. The van der Waals surface area contributed by atoms with E-state index in [2.05, 4.69) is 5.32 Å². The van der Waals surface area contributed by atoms with Crippen LogP contribution in [0.1, 0.15) is 23.6 Å². The van der Waals surface area contributed by atoms with Gasteiger partial charge in [-0.15, -0.1) is 12.4 Å². The average Bonchev–Trinajstić information content (AvgIpc) is 2.45. The number of aliphatic hydroxyl groups excluding tert-OH is 1. The number of benzene rings is 1. The first-order chi connectivity index (χ1) is 9.54. The van der Waals surface area contributed by atoms with Gasteiger partial charge in [0.2, 0.25) is 0 Å². The van der Waals surface area contributed by atoms with Gasteiger partial charge in [-0.1, -0.05) is 18.2 Å². The molecule has 1 saturated heterocycles. The lowest BCUT2D eigenvalue weighted by atomic mass is 9.96. The molecule has 0 aliphatic carbocycles. The summed E-state index contributed by atoms with van der Waals surface area (Å²) in [4.78, 5) is 2.01. The Labute approximate surface area is 128 Å². The summed E-state index contributed by atoms with van der Waals surface area (Å²) in [5.74, 6) is 0. The number of nitrogens with zero attached hydrogens (tertiary/aromatic N) is 1. The minimum atomic E-state index is -4.36. The lowest BCUT2D eigenvalue weighted by Crippen LogP contribution is -2.45. The molecule has 0 radical (unpaired) electrons. The van der Waals surface area contributed by atoms with Crippen LogP contribution in [0.2, 0.25) is 0 Å². The lowest BCUT2D eigenvalue weighted by molar-refractivity contribution is -0.138. The molecule has 1 aromatic rings. The summed E-state index contributed by atoms with van der Waals surface area (Å²) in [5, 5.41) is 12.4. The van der Waals surface area contributed by atoms with Crippen molar-refractivity contribution in [2.24, 2.45) is 0 Å². The number of hydrogen-bond acceptors (Lipinski definition) is 3. The summed E-state index contributed by atoms with van der Waals surface area (Å²) >= 11 is 0. The van der Waals surface area contributed by atoms with Crippen LogP contribution in [0.5, 0.6) is 0 Å². The molecule has 1 atom stereocenters. The van der Waals surface area contributed by atoms with Crippen molar-refractivity contribution in [2.45, 2.75) is 18.6 Å². The Kier molecular flexibility index (Phi) is 6.93. The van der Waals surface area contributed by atoms with E-state index in [9.17, 15) is 18.3 Å². The fourth-order valence-electron chi connectivity index (χ4n) is 2.70. The van der Waals surface area contributed by atoms with Crippen LogP contribution >= 0.6 is 12.4 Å². The van der Waals surface area contributed by atoms with Crippen LogP contribution in [0.15, 0.2) is 24.3 Å². The predicted molar refractivity (Wildman–Crippen MR) is 77.6 cm³/mol. The summed E-state index contributed by atoms with van der Waals surface area (Å²) in [5.41, 5.74) is -0.340. The topological polar surface area (TPSA) is 35.5 Å². The second kappa shape index (κ2) is 7.98. The highest BCUT2D eigenvalue weighted by Gasteiger charge is 2.36. The van der Waals surface area contributed by atoms with Crippen molar-refractivity contribution < 1.29 is 18.3 Å². The quantitative estimate of drug-likeness (QED) is 0.893. The van der Waals surface area contributed by atoms with E-state index in [-0.39, 0.29) is 30.6 Å². The Hall–Kier alpha value is -0.820. The molecule has 120 valence electrons. The molecule has 2 N–H and O–H groups in total. The second-order valence-corrected chi connectivity index (χ2v) is 4.90. The number of hydrogen-bond donors (Lipinski definition) is 2. The molecule has 0 aromatic heterocycles.